The molecule has 1 heterocycles. The molecule has 23 heavy (non-hydrogen) atoms. The largest absolute Gasteiger partial charge is 0.325 e. The zero-order valence-corrected chi connectivity index (χ0v) is 14.4. The predicted molar refractivity (Wildman–Crippen MR) is 92.2 cm³/mol. The van der Waals surface area contributed by atoms with Crippen molar-refractivity contribution in [1.82, 2.24) is 4.90 Å². The number of amides is 3. The van der Waals surface area contributed by atoms with E-state index < -0.39 is 0 Å². The van der Waals surface area contributed by atoms with E-state index >= 15 is 0 Å². The van der Waals surface area contributed by atoms with Crippen LogP contribution in [-0.2, 0) is 14.4 Å². The third kappa shape index (κ3) is 2.39. The summed E-state index contributed by atoms with van der Waals surface area (Å²) in [6.07, 6.45) is 4.99. The molecule has 1 aliphatic heterocycles. The molecule has 6 heteroatoms. The summed E-state index contributed by atoms with van der Waals surface area (Å²) in [5.41, 5.74) is 0.663. The summed E-state index contributed by atoms with van der Waals surface area (Å²) in [5.74, 6) is -0.860. The fraction of sp³-hybridized carbons (Fsp3) is 0.353. The molecule has 0 spiro atoms. The van der Waals surface area contributed by atoms with E-state index in [-0.39, 0.29) is 47.9 Å². The minimum atomic E-state index is -0.340. The minimum absolute atomic E-state index is 0.172. The van der Waals surface area contributed by atoms with Crippen LogP contribution in [0.25, 0.3) is 0 Å². The van der Waals surface area contributed by atoms with Gasteiger partial charge >= 0.3 is 0 Å². The number of rotatable bonds is 3. The van der Waals surface area contributed by atoms with Crippen LogP contribution in [0.2, 0.25) is 0 Å². The summed E-state index contributed by atoms with van der Waals surface area (Å²) < 4.78 is 1.07. The second-order valence-electron chi connectivity index (χ2n) is 6.32. The second-order valence-corrected chi connectivity index (χ2v) is 7.56. The van der Waals surface area contributed by atoms with Crippen LogP contribution in [0.15, 0.2) is 36.4 Å². The third-order valence-electron chi connectivity index (χ3n) is 4.99. The molecule has 1 saturated carbocycles. The summed E-state index contributed by atoms with van der Waals surface area (Å²) in [6, 6.07) is 7.37. The molecule has 4 atom stereocenters. The summed E-state index contributed by atoms with van der Waals surface area (Å²) in [6.45, 7) is -0.198. The monoisotopic (exact) mass is 422 g/mol. The second kappa shape index (κ2) is 5.43. The molecule has 2 fully saturated rings. The number of allylic oxidation sites excluding steroid dienone is 2. The highest BCUT2D eigenvalue weighted by Crippen LogP contribution is 2.52. The van der Waals surface area contributed by atoms with Crippen LogP contribution in [0.3, 0.4) is 0 Å². The molecule has 3 amide bonds. The van der Waals surface area contributed by atoms with Crippen molar-refractivity contribution in [2.24, 2.45) is 23.7 Å². The van der Waals surface area contributed by atoms with Crippen molar-refractivity contribution in [1.29, 1.82) is 0 Å². The molecule has 2 bridgehead atoms. The summed E-state index contributed by atoms with van der Waals surface area (Å²) in [7, 11) is 0. The molecule has 0 unspecified atom stereocenters. The highest BCUT2D eigenvalue weighted by Gasteiger charge is 2.59. The maximum Gasteiger partial charge on any atom is 0.244 e. The van der Waals surface area contributed by atoms with Crippen molar-refractivity contribution in [2.45, 2.75) is 6.42 Å². The van der Waals surface area contributed by atoms with Crippen molar-refractivity contribution < 1.29 is 14.4 Å². The summed E-state index contributed by atoms with van der Waals surface area (Å²) in [5, 5.41) is 2.74. The Morgan fingerprint density at radius 3 is 2.22 bits per heavy atom. The number of hydrogen-bond donors (Lipinski definition) is 1. The zero-order chi connectivity index (χ0) is 16.1. The SMILES string of the molecule is O=C(CN1C(=O)[C@@H]2[C@H](C1=O)[C@@H]1C=C[C@H]2C1)Nc1ccc(I)cc1. The standard InChI is InChI=1S/C17H15IN2O3/c18-11-3-5-12(6-4-11)19-13(21)8-20-16(22)14-9-1-2-10(7-9)15(14)17(20)23/h1-6,9-10,14-15H,7-8H2,(H,19,21)/t9-,10+,14-,15+. The minimum Gasteiger partial charge on any atom is -0.325 e. The number of fused-ring (bicyclic) bond motifs is 5. The topological polar surface area (TPSA) is 66.5 Å². The molecule has 5 nitrogen and oxygen atoms in total. The lowest BCUT2D eigenvalue weighted by Crippen LogP contribution is -2.39. The molecule has 0 radical (unpaired) electrons. The van der Waals surface area contributed by atoms with Gasteiger partial charge in [0.15, 0.2) is 0 Å². The van der Waals surface area contributed by atoms with Gasteiger partial charge in [-0.2, -0.15) is 0 Å². The number of anilines is 1. The predicted octanol–water partition coefficient (Wildman–Crippen LogP) is 2.04. The lowest BCUT2D eigenvalue weighted by atomic mass is 9.85. The maximum absolute atomic E-state index is 12.5. The van der Waals surface area contributed by atoms with E-state index in [1.165, 1.54) is 0 Å². The van der Waals surface area contributed by atoms with E-state index in [0.717, 1.165) is 14.9 Å². The number of carbonyl (C=O) groups is 3. The fourth-order valence-electron chi connectivity index (χ4n) is 4.00. The molecule has 118 valence electrons. The van der Waals surface area contributed by atoms with E-state index in [1.807, 2.05) is 24.3 Å². The van der Waals surface area contributed by atoms with Gasteiger partial charge < -0.3 is 5.32 Å². The van der Waals surface area contributed by atoms with Gasteiger partial charge in [-0.1, -0.05) is 12.2 Å². The number of nitrogens with one attached hydrogen (secondary N) is 1. The first kappa shape index (κ1) is 14.9. The Bertz CT molecular complexity index is 698. The van der Waals surface area contributed by atoms with Gasteiger partial charge in [0.25, 0.3) is 0 Å². The van der Waals surface area contributed by atoms with E-state index in [4.69, 9.17) is 0 Å². The number of halogens is 1. The van der Waals surface area contributed by atoms with Gasteiger partial charge in [-0.05, 0) is 65.1 Å². The first-order valence-electron chi connectivity index (χ1n) is 7.63. The fourth-order valence-corrected chi connectivity index (χ4v) is 4.36. The lowest BCUT2D eigenvalue weighted by Gasteiger charge is -2.16. The summed E-state index contributed by atoms with van der Waals surface area (Å²) >= 11 is 2.18. The van der Waals surface area contributed by atoms with Crippen molar-refractivity contribution in [3.8, 4) is 0 Å². The highest BCUT2D eigenvalue weighted by molar-refractivity contribution is 14.1. The van der Waals surface area contributed by atoms with Gasteiger partial charge in [0.1, 0.15) is 6.54 Å². The van der Waals surface area contributed by atoms with Gasteiger partial charge in [0.2, 0.25) is 17.7 Å². The number of carbonyl (C=O) groups excluding carboxylic acids is 3. The average molecular weight is 422 g/mol. The smallest absolute Gasteiger partial charge is 0.244 e. The highest BCUT2D eigenvalue weighted by atomic mass is 127. The Hall–Kier alpha value is -1.70. The number of nitrogens with zero attached hydrogens (tertiary/aromatic N) is 1. The van der Waals surface area contributed by atoms with Crippen LogP contribution in [-0.4, -0.2) is 29.2 Å². The maximum atomic E-state index is 12.5. The first-order chi connectivity index (χ1) is 11.0. The Kier molecular flexibility index (Phi) is 3.51. The van der Waals surface area contributed by atoms with Gasteiger partial charge in [-0.15, -0.1) is 0 Å². The Morgan fingerprint density at radius 2 is 1.65 bits per heavy atom. The number of hydrogen-bond acceptors (Lipinski definition) is 3. The first-order valence-corrected chi connectivity index (χ1v) is 8.71. The lowest BCUT2D eigenvalue weighted by molar-refractivity contribution is -0.143. The quantitative estimate of drug-likeness (QED) is 0.461. The van der Waals surface area contributed by atoms with E-state index in [9.17, 15) is 14.4 Å². The van der Waals surface area contributed by atoms with Gasteiger partial charge in [0.05, 0.1) is 11.8 Å². The number of likely N-dealkylation sites (tertiary alicyclic amines) is 1. The van der Waals surface area contributed by atoms with Crippen molar-refractivity contribution in [3.63, 3.8) is 0 Å². The zero-order valence-electron chi connectivity index (χ0n) is 12.2. The normalized spacial score (nSPS) is 30.9. The van der Waals surface area contributed by atoms with E-state index in [2.05, 4.69) is 27.9 Å². The Balaban J connectivity index is 1.45. The van der Waals surface area contributed by atoms with Crippen molar-refractivity contribution in [2.75, 3.05) is 11.9 Å². The third-order valence-corrected chi connectivity index (χ3v) is 5.71. The number of benzene rings is 1. The van der Waals surface area contributed by atoms with E-state index in [0.29, 0.717) is 5.69 Å². The van der Waals surface area contributed by atoms with Crippen molar-refractivity contribution in [3.05, 3.63) is 40.0 Å². The average Bonchev–Trinajstić information content (AvgIpc) is 3.19. The molecule has 0 aromatic heterocycles. The van der Waals surface area contributed by atoms with Crippen LogP contribution >= 0.6 is 22.6 Å². The Labute approximate surface area is 147 Å². The van der Waals surface area contributed by atoms with Gasteiger partial charge in [-0.3, -0.25) is 19.3 Å². The van der Waals surface area contributed by atoms with Crippen LogP contribution in [0.4, 0.5) is 5.69 Å². The molecule has 1 saturated heterocycles. The molecule has 1 N–H and O–H groups in total. The molecular weight excluding hydrogens is 407 g/mol. The van der Waals surface area contributed by atoms with Crippen LogP contribution in [0.5, 0.6) is 0 Å². The van der Waals surface area contributed by atoms with Crippen LogP contribution < -0.4 is 5.32 Å². The van der Waals surface area contributed by atoms with Crippen LogP contribution in [0, 0.1) is 27.2 Å². The molecular formula is C17H15IN2O3. The van der Waals surface area contributed by atoms with Gasteiger partial charge in [0, 0.05) is 9.26 Å². The van der Waals surface area contributed by atoms with E-state index in [1.54, 1.807) is 12.1 Å². The molecule has 3 aliphatic rings. The van der Waals surface area contributed by atoms with Gasteiger partial charge in [-0.25, -0.2) is 0 Å². The Morgan fingerprint density at radius 1 is 1.09 bits per heavy atom. The molecule has 2 aliphatic carbocycles. The summed E-state index contributed by atoms with van der Waals surface area (Å²) in [4.78, 5) is 38.3. The van der Waals surface area contributed by atoms with Crippen molar-refractivity contribution >= 4 is 46.0 Å². The van der Waals surface area contributed by atoms with Crippen LogP contribution in [0.1, 0.15) is 6.42 Å². The molecule has 4 rings (SSSR count). The molecule has 1 aromatic carbocycles. The molecule has 1 aromatic rings. The number of imide groups is 1.